The van der Waals surface area contributed by atoms with Crippen molar-refractivity contribution in [2.24, 2.45) is 5.92 Å². The van der Waals surface area contributed by atoms with E-state index in [0.717, 1.165) is 0 Å². The van der Waals surface area contributed by atoms with E-state index in [1.165, 1.54) is 20.8 Å². The molecule has 0 aromatic rings. The van der Waals surface area contributed by atoms with E-state index in [0.29, 0.717) is 0 Å². The number of hydrogen-bond acceptors (Lipinski definition) is 3. The first-order valence-electron chi connectivity index (χ1n) is 3.64. The second kappa shape index (κ2) is 3.51. The molecule has 12 heavy (non-hydrogen) atoms. The second-order valence-electron chi connectivity index (χ2n) is 3.51. The molecule has 1 N–H and O–H groups in total. The van der Waals surface area contributed by atoms with Crippen LogP contribution in [0.25, 0.3) is 0 Å². The van der Waals surface area contributed by atoms with Gasteiger partial charge in [0.2, 0.25) is 5.54 Å². The Balaban J connectivity index is 4.24. The molecule has 0 bridgehead atoms. The van der Waals surface area contributed by atoms with Crippen LogP contribution in [0.4, 0.5) is 0 Å². The average molecular weight is 175 g/mol. The zero-order valence-electron chi connectivity index (χ0n) is 7.40. The molecule has 5 nitrogen and oxygen atoms in total. The van der Waals surface area contributed by atoms with Crippen molar-refractivity contribution in [2.75, 3.05) is 0 Å². The normalized spacial score (nSPS) is 13.9. The highest BCUT2D eigenvalue weighted by Crippen LogP contribution is 2.19. The quantitative estimate of drug-likeness (QED) is 0.513. The third kappa shape index (κ3) is 2.86. The number of nitro groups is 1. The van der Waals surface area contributed by atoms with Crippen LogP contribution in [0.3, 0.4) is 0 Å². The lowest BCUT2D eigenvalue weighted by molar-refractivity contribution is -0.562. The van der Waals surface area contributed by atoms with E-state index in [2.05, 4.69) is 0 Å². The zero-order valence-corrected chi connectivity index (χ0v) is 7.40. The first-order valence-corrected chi connectivity index (χ1v) is 3.64. The molecule has 0 radical (unpaired) electrons. The Bertz CT molecular complexity index is 200. The molecule has 0 heterocycles. The summed E-state index contributed by atoms with van der Waals surface area (Å²) in [6.45, 7) is 4.31. The van der Waals surface area contributed by atoms with E-state index in [1.807, 2.05) is 0 Å². The maximum Gasteiger partial charge on any atom is 0.306 e. The van der Waals surface area contributed by atoms with Gasteiger partial charge in [0, 0.05) is 25.2 Å². The molecule has 5 heteroatoms. The third-order valence-electron chi connectivity index (χ3n) is 1.72. The summed E-state index contributed by atoms with van der Waals surface area (Å²) in [5.41, 5.74) is -1.15. The maximum absolute atomic E-state index is 10.4. The van der Waals surface area contributed by atoms with Gasteiger partial charge in [-0.15, -0.1) is 0 Å². The number of hydrogen-bond donors (Lipinski definition) is 1. The Morgan fingerprint density at radius 1 is 1.67 bits per heavy atom. The van der Waals surface area contributed by atoms with Gasteiger partial charge in [-0.3, -0.25) is 14.9 Å². The van der Waals surface area contributed by atoms with Crippen LogP contribution in [0, 0.1) is 16.0 Å². The van der Waals surface area contributed by atoms with Gasteiger partial charge < -0.3 is 5.11 Å². The molecule has 0 aromatic carbocycles. The van der Waals surface area contributed by atoms with E-state index in [-0.39, 0.29) is 6.42 Å². The molecule has 70 valence electrons. The number of aliphatic carboxylic acids is 1. The minimum Gasteiger partial charge on any atom is -0.481 e. The predicted octanol–water partition coefficient (Wildman–Crippen LogP) is 1.15. The summed E-state index contributed by atoms with van der Waals surface area (Å²) in [4.78, 5) is 20.3. The smallest absolute Gasteiger partial charge is 0.306 e. The monoisotopic (exact) mass is 175 g/mol. The van der Waals surface area contributed by atoms with Crippen molar-refractivity contribution in [1.29, 1.82) is 0 Å². The molecule has 0 aliphatic carbocycles. The molecule has 0 rings (SSSR count). The van der Waals surface area contributed by atoms with Crippen molar-refractivity contribution >= 4 is 5.97 Å². The van der Waals surface area contributed by atoms with Gasteiger partial charge in [-0.25, -0.2) is 0 Å². The van der Waals surface area contributed by atoms with Gasteiger partial charge in [0.05, 0.1) is 5.92 Å². The van der Waals surface area contributed by atoms with E-state index in [9.17, 15) is 14.9 Å². The molecule has 0 unspecified atom stereocenters. The molecule has 0 aliphatic heterocycles. The lowest BCUT2D eigenvalue weighted by Crippen LogP contribution is -2.34. The third-order valence-corrected chi connectivity index (χ3v) is 1.72. The molecule has 0 fully saturated rings. The van der Waals surface area contributed by atoms with Gasteiger partial charge >= 0.3 is 5.97 Å². The first-order chi connectivity index (χ1) is 5.27. The van der Waals surface area contributed by atoms with Crippen LogP contribution in [0.2, 0.25) is 0 Å². The summed E-state index contributed by atoms with van der Waals surface area (Å²) in [5, 5.41) is 18.9. The molecule has 0 spiro atoms. The summed E-state index contributed by atoms with van der Waals surface area (Å²) in [6.07, 6.45) is 0.0509. The fraction of sp³-hybridized carbons (Fsp3) is 0.857. The van der Waals surface area contributed by atoms with Crippen molar-refractivity contribution in [3.05, 3.63) is 10.1 Å². The van der Waals surface area contributed by atoms with E-state index in [1.54, 1.807) is 0 Å². The van der Waals surface area contributed by atoms with Gasteiger partial charge in [-0.05, 0) is 0 Å². The maximum atomic E-state index is 10.4. The Morgan fingerprint density at radius 2 is 2.08 bits per heavy atom. The van der Waals surface area contributed by atoms with Crippen molar-refractivity contribution in [3.63, 3.8) is 0 Å². The Hall–Kier alpha value is -1.13. The highest BCUT2D eigenvalue weighted by molar-refractivity contribution is 5.69. The van der Waals surface area contributed by atoms with E-state index < -0.39 is 22.3 Å². The number of rotatable bonds is 4. The van der Waals surface area contributed by atoms with Gasteiger partial charge in [-0.1, -0.05) is 6.92 Å². The Morgan fingerprint density at radius 3 is 2.33 bits per heavy atom. The average Bonchev–Trinajstić information content (AvgIpc) is 1.85. The molecule has 0 aliphatic rings. The van der Waals surface area contributed by atoms with Crippen molar-refractivity contribution in [2.45, 2.75) is 32.7 Å². The highest BCUT2D eigenvalue weighted by Gasteiger charge is 2.34. The van der Waals surface area contributed by atoms with Crippen molar-refractivity contribution in [1.82, 2.24) is 0 Å². The summed E-state index contributed by atoms with van der Waals surface area (Å²) >= 11 is 0. The standard InChI is InChI=1S/C7H13NO4/c1-5(6(9)10)4-7(2,3)8(11)12/h5H,4H2,1-3H3,(H,9,10)/t5-/m0/s1. The van der Waals surface area contributed by atoms with Gasteiger partial charge in [0.15, 0.2) is 0 Å². The first kappa shape index (κ1) is 10.9. The summed E-state index contributed by atoms with van der Waals surface area (Å²) in [7, 11) is 0. The summed E-state index contributed by atoms with van der Waals surface area (Å²) in [6, 6.07) is 0. The van der Waals surface area contributed by atoms with Gasteiger partial charge in [0.25, 0.3) is 0 Å². The SMILES string of the molecule is C[C@@H](CC(C)(C)[N+](=O)[O-])C(=O)O. The molecule has 0 aromatic heterocycles. The Kier molecular flexibility index (Phi) is 3.18. The Labute approximate surface area is 70.5 Å². The molecule has 0 saturated carbocycles. The van der Waals surface area contributed by atoms with E-state index in [4.69, 9.17) is 5.11 Å². The molecule has 0 amide bonds. The molecule has 0 saturated heterocycles. The van der Waals surface area contributed by atoms with Crippen LogP contribution in [0.15, 0.2) is 0 Å². The largest absolute Gasteiger partial charge is 0.481 e. The van der Waals surface area contributed by atoms with Gasteiger partial charge in [0.1, 0.15) is 0 Å². The lowest BCUT2D eigenvalue weighted by atomic mass is 9.92. The van der Waals surface area contributed by atoms with Crippen LogP contribution in [0.1, 0.15) is 27.2 Å². The number of carbonyl (C=O) groups is 1. The summed E-state index contributed by atoms with van der Waals surface area (Å²) in [5.74, 6) is -1.67. The molecule has 1 atom stereocenters. The number of carboxylic acid groups (broad SMARTS) is 1. The number of nitrogens with zero attached hydrogens (tertiary/aromatic N) is 1. The number of carboxylic acids is 1. The van der Waals surface area contributed by atoms with Gasteiger partial charge in [-0.2, -0.15) is 0 Å². The van der Waals surface area contributed by atoms with Crippen molar-refractivity contribution in [3.8, 4) is 0 Å². The van der Waals surface area contributed by atoms with Crippen molar-refractivity contribution < 1.29 is 14.8 Å². The zero-order chi connectivity index (χ0) is 9.94. The molecular formula is C7H13NO4. The minimum atomic E-state index is -1.15. The van der Waals surface area contributed by atoms with Crippen LogP contribution in [-0.2, 0) is 4.79 Å². The topological polar surface area (TPSA) is 80.4 Å². The second-order valence-corrected chi connectivity index (χ2v) is 3.51. The van der Waals surface area contributed by atoms with E-state index >= 15 is 0 Å². The molecular weight excluding hydrogens is 162 g/mol. The van der Waals surface area contributed by atoms with Crippen LogP contribution >= 0.6 is 0 Å². The van der Waals surface area contributed by atoms with Crippen LogP contribution in [-0.4, -0.2) is 21.5 Å². The predicted molar refractivity (Wildman–Crippen MR) is 42.5 cm³/mol. The fourth-order valence-corrected chi connectivity index (χ4v) is 0.911. The van der Waals surface area contributed by atoms with Crippen LogP contribution < -0.4 is 0 Å². The summed E-state index contributed by atoms with van der Waals surface area (Å²) < 4.78 is 0. The fourth-order valence-electron chi connectivity index (χ4n) is 0.911. The lowest BCUT2D eigenvalue weighted by Gasteiger charge is -2.17. The minimum absolute atomic E-state index is 0.0509. The highest BCUT2D eigenvalue weighted by atomic mass is 16.6. The van der Waals surface area contributed by atoms with Crippen LogP contribution in [0.5, 0.6) is 0 Å².